The summed E-state index contributed by atoms with van der Waals surface area (Å²) in [6.07, 6.45) is 3.35. The molecule has 22 heavy (non-hydrogen) atoms. The van der Waals surface area contributed by atoms with Crippen LogP contribution in [0.25, 0.3) is 0 Å². The van der Waals surface area contributed by atoms with E-state index in [2.05, 4.69) is 19.2 Å². The Morgan fingerprint density at radius 3 is 1.82 bits per heavy atom. The van der Waals surface area contributed by atoms with E-state index in [0.717, 1.165) is 17.1 Å². The lowest BCUT2D eigenvalue weighted by atomic mass is 9.86. The van der Waals surface area contributed by atoms with Crippen molar-refractivity contribution in [3.63, 3.8) is 0 Å². The minimum atomic E-state index is -3.86. The molecule has 0 radical (unpaired) electrons. The van der Waals surface area contributed by atoms with Gasteiger partial charge in [-0.1, -0.05) is 27.7 Å². The van der Waals surface area contributed by atoms with Gasteiger partial charge >= 0.3 is 9.24 Å². The monoisotopic (exact) mass is 352 g/mol. The highest BCUT2D eigenvalue weighted by Crippen LogP contribution is 2.35. The summed E-state index contributed by atoms with van der Waals surface area (Å²) >= 11 is 0. The summed E-state index contributed by atoms with van der Waals surface area (Å²) in [6.45, 7) is 7.87. The van der Waals surface area contributed by atoms with Gasteiger partial charge in [0.05, 0.1) is 17.9 Å². The van der Waals surface area contributed by atoms with Gasteiger partial charge in [0.1, 0.15) is 0 Å². The molecule has 6 nitrogen and oxygen atoms in total. The Hall–Kier alpha value is -0.820. The molecule has 0 aromatic heterocycles. The number of amides is 2. The van der Waals surface area contributed by atoms with Crippen molar-refractivity contribution in [2.24, 2.45) is 11.8 Å². The number of hydrogen-bond acceptors (Lipinski definition) is 4. The smallest absolute Gasteiger partial charge is 0.324 e. The Morgan fingerprint density at radius 1 is 1.00 bits per heavy atom. The van der Waals surface area contributed by atoms with Crippen molar-refractivity contribution < 1.29 is 18.0 Å². The molecule has 0 aromatic carbocycles. The van der Waals surface area contributed by atoms with Crippen molar-refractivity contribution in [3.05, 3.63) is 0 Å². The van der Waals surface area contributed by atoms with Crippen LogP contribution in [0.1, 0.15) is 53.4 Å². The molecule has 4 unspecified atom stereocenters. The van der Waals surface area contributed by atoms with E-state index >= 15 is 0 Å². The van der Waals surface area contributed by atoms with E-state index in [1.165, 1.54) is 0 Å². The zero-order chi connectivity index (χ0) is 17.1. The van der Waals surface area contributed by atoms with E-state index in [-0.39, 0.29) is 23.8 Å². The van der Waals surface area contributed by atoms with Gasteiger partial charge in [0.15, 0.2) is 0 Å². The Morgan fingerprint density at radius 2 is 1.55 bits per heavy atom. The number of rotatable bonds is 5. The van der Waals surface area contributed by atoms with Crippen LogP contribution in [0.5, 0.6) is 0 Å². The molecule has 2 aliphatic rings. The van der Waals surface area contributed by atoms with Crippen molar-refractivity contribution in [2.75, 3.05) is 0 Å². The molecule has 0 aliphatic carbocycles. The molecule has 8 heteroatoms. The van der Waals surface area contributed by atoms with Gasteiger partial charge in [0, 0.05) is 16.7 Å². The van der Waals surface area contributed by atoms with Gasteiger partial charge in [-0.2, -0.15) is 8.42 Å². The standard InChI is InChI=1S/C7H12ClNO3S.C7H13NO/c1-3-5-6(4-2)9(7(5)10)13(8,11)12;1-3-5-6(4-2)8-7(5)9/h5-6H,3-4H2,1-2H3;5-6H,3-4H2,1-2H3,(H,8,9). The number of halogens is 1. The fourth-order valence-corrected chi connectivity index (χ4v) is 4.55. The third kappa shape index (κ3) is 3.74. The second-order valence-electron chi connectivity index (χ2n) is 5.60. The predicted molar refractivity (Wildman–Crippen MR) is 85.5 cm³/mol. The Labute approximate surface area is 137 Å². The van der Waals surface area contributed by atoms with Crippen LogP contribution in [-0.2, 0) is 18.8 Å². The molecule has 0 aromatic rings. The first-order valence-electron chi connectivity index (χ1n) is 7.80. The zero-order valence-electron chi connectivity index (χ0n) is 13.5. The number of β-lactam (4-membered cyclic amide) rings is 2. The van der Waals surface area contributed by atoms with Gasteiger partial charge in [-0.15, -0.1) is 0 Å². The van der Waals surface area contributed by atoms with Crippen LogP contribution in [0.2, 0.25) is 0 Å². The number of carbonyl (C=O) groups is 2. The van der Waals surface area contributed by atoms with Crippen LogP contribution in [0.3, 0.4) is 0 Å². The van der Waals surface area contributed by atoms with Gasteiger partial charge in [-0.25, -0.2) is 4.31 Å². The summed E-state index contributed by atoms with van der Waals surface area (Å²) in [6, 6.07) is 0.238. The third-order valence-electron chi connectivity index (χ3n) is 4.42. The quantitative estimate of drug-likeness (QED) is 0.606. The van der Waals surface area contributed by atoms with Gasteiger partial charge < -0.3 is 5.32 Å². The van der Waals surface area contributed by atoms with Crippen LogP contribution < -0.4 is 5.32 Å². The van der Waals surface area contributed by atoms with Crippen molar-refractivity contribution in [1.29, 1.82) is 0 Å². The highest BCUT2D eigenvalue weighted by atomic mass is 35.7. The topological polar surface area (TPSA) is 83.6 Å². The molecular formula is C14H25ClN2O4S. The molecular weight excluding hydrogens is 328 g/mol. The average molecular weight is 353 g/mol. The summed E-state index contributed by atoms with van der Waals surface area (Å²) in [5.41, 5.74) is 0. The van der Waals surface area contributed by atoms with E-state index < -0.39 is 9.24 Å². The van der Waals surface area contributed by atoms with Gasteiger partial charge in [-0.3, -0.25) is 9.59 Å². The molecule has 0 spiro atoms. The van der Waals surface area contributed by atoms with E-state index in [4.69, 9.17) is 10.7 Å². The first-order valence-corrected chi connectivity index (χ1v) is 10.1. The molecule has 128 valence electrons. The lowest BCUT2D eigenvalue weighted by Crippen LogP contribution is -2.61. The van der Waals surface area contributed by atoms with Crippen molar-refractivity contribution >= 4 is 31.7 Å². The van der Waals surface area contributed by atoms with Crippen LogP contribution in [0.4, 0.5) is 0 Å². The largest absolute Gasteiger partial charge is 0.352 e. The maximum atomic E-state index is 11.3. The average Bonchev–Trinajstić information content (AvgIpc) is 2.41. The van der Waals surface area contributed by atoms with E-state index in [9.17, 15) is 18.0 Å². The van der Waals surface area contributed by atoms with Crippen LogP contribution >= 0.6 is 10.7 Å². The summed E-state index contributed by atoms with van der Waals surface area (Å²) < 4.78 is 22.6. The molecule has 2 heterocycles. The van der Waals surface area contributed by atoms with Crippen LogP contribution in [-0.4, -0.2) is 36.6 Å². The van der Waals surface area contributed by atoms with Crippen molar-refractivity contribution in [3.8, 4) is 0 Å². The second-order valence-corrected chi connectivity index (χ2v) is 7.99. The third-order valence-corrected chi connectivity index (χ3v) is 5.79. The number of nitrogens with one attached hydrogen (secondary N) is 1. The van der Waals surface area contributed by atoms with Crippen molar-refractivity contribution in [2.45, 2.75) is 65.5 Å². The highest BCUT2D eigenvalue weighted by molar-refractivity contribution is 8.12. The van der Waals surface area contributed by atoms with Gasteiger partial charge in [0.25, 0.3) is 0 Å². The summed E-state index contributed by atoms with van der Waals surface area (Å²) in [5.74, 6) is 0.0159. The van der Waals surface area contributed by atoms with E-state index in [1.54, 1.807) is 0 Å². The molecule has 2 rings (SSSR count). The van der Waals surface area contributed by atoms with Crippen LogP contribution in [0, 0.1) is 11.8 Å². The fourth-order valence-electron chi connectivity index (χ4n) is 3.07. The molecule has 2 aliphatic heterocycles. The molecule has 2 saturated heterocycles. The predicted octanol–water partition coefficient (Wildman–Crippen LogP) is 2.04. The van der Waals surface area contributed by atoms with E-state index in [1.807, 2.05) is 13.8 Å². The first kappa shape index (κ1) is 19.2. The summed E-state index contributed by atoms with van der Waals surface area (Å²) in [4.78, 5) is 22.0. The number of hydrogen-bond donors (Lipinski definition) is 1. The Bertz CT molecular complexity index is 523. The number of carbonyl (C=O) groups excluding carboxylic acids is 2. The highest BCUT2D eigenvalue weighted by Gasteiger charge is 2.50. The molecule has 4 atom stereocenters. The molecule has 0 saturated carbocycles. The maximum absolute atomic E-state index is 11.3. The molecule has 2 fully saturated rings. The Balaban J connectivity index is 0.000000235. The van der Waals surface area contributed by atoms with Gasteiger partial charge in [-0.05, 0) is 25.7 Å². The lowest BCUT2D eigenvalue weighted by Gasteiger charge is -2.43. The molecule has 2 amide bonds. The van der Waals surface area contributed by atoms with Crippen molar-refractivity contribution in [1.82, 2.24) is 9.62 Å². The van der Waals surface area contributed by atoms with Crippen LogP contribution in [0.15, 0.2) is 0 Å². The normalized spacial score (nSPS) is 30.7. The second kappa shape index (κ2) is 7.64. The zero-order valence-corrected chi connectivity index (χ0v) is 15.1. The first-order chi connectivity index (χ1) is 10.2. The lowest BCUT2D eigenvalue weighted by molar-refractivity contribution is -0.146. The minimum absolute atomic E-state index is 0.168. The SMILES string of the molecule is CCC1C(=O)N(S(=O)(=O)Cl)C1CC.CCC1NC(=O)C1CC. The van der Waals surface area contributed by atoms with E-state index in [0.29, 0.717) is 24.8 Å². The summed E-state index contributed by atoms with van der Waals surface area (Å²) in [5, 5.41) is 2.85. The minimum Gasteiger partial charge on any atom is -0.352 e. The number of nitrogens with zero attached hydrogens (tertiary/aromatic N) is 1. The Kier molecular flexibility index (Phi) is 6.67. The van der Waals surface area contributed by atoms with Gasteiger partial charge in [0.2, 0.25) is 11.8 Å². The summed E-state index contributed by atoms with van der Waals surface area (Å²) in [7, 11) is 1.24. The molecule has 0 bridgehead atoms. The molecule has 1 N–H and O–H groups in total. The maximum Gasteiger partial charge on any atom is 0.324 e. The fraction of sp³-hybridized carbons (Fsp3) is 0.857.